The first-order valence-electron chi connectivity index (χ1n) is 8.30. The van der Waals surface area contributed by atoms with Crippen molar-refractivity contribution < 1.29 is 9.34 Å². The molecule has 134 valence electrons. The zero-order valence-corrected chi connectivity index (χ0v) is 14.5. The van der Waals surface area contributed by atoms with Crippen LogP contribution in [0.15, 0.2) is 77.9 Å². The second-order valence-electron chi connectivity index (χ2n) is 6.02. The van der Waals surface area contributed by atoms with Gasteiger partial charge in [-0.1, -0.05) is 12.1 Å². The molecule has 0 spiro atoms. The molecule has 0 bridgehead atoms. The Morgan fingerprint density at radius 3 is 2.74 bits per heavy atom. The van der Waals surface area contributed by atoms with E-state index in [0.29, 0.717) is 5.69 Å². The Labute approximate surface area is 155 Å². The van der Waals surface area contributed by atoms with Crippen molar-refractivity contribution in [2.45, 2.75) is 6.92 Å². The molecule has 0 amide bonds. The third-order valence-electron chi connectivity index (χ3n) is 4.28. The van der Waals surface area contributed by atoms with Crippen molar-refractivity contribution >= 4 is 17.1 Å². The molecule has 2 heterocycles. The van der Waals surface area contributed by atoms with Crippen molar-refractivity contribution in [1.29, 1.82) is 0 Å². The summed E-state index contributed by atoms with van der Waals surface area (Å²) in [4.78, 5) is 15.4. The van der Waals surface area contributed by atoms with Crippen LogP contribution in [-0.4, -0.2) is 14.5 Å². The van der Waals surface area contributed by atoms with Crippen LogP contribution >= 0.6 is 0 Å². The fourth-order valence-corrected chi connectivity index (χ4v) is 2.94. The first-order chi connectivity index (χ1) is 13.1. The third kappa shape index (κ3) is 3.30. The molecule has 0 saturated heterocycles. The fraction of sp³-hybridized carbons (Fsp3) is 0.0500. The molecular formula is C20H16N4O3. The molecular weight excluding hydrogens is 344 g/mol. The summed E-state index contributed by atoms with van der Waals surface area (Å²) < 4.78 is 7.01. The maximum Gasteiger partial charge on any atom is 0.293 e. The lowest BCUT2D eigenvalue weighted by Crippen LogP contribution is -1.99. The molecule has 0 unspecified atom stereocenters. The highest BCUT2D eigenvalue weighted by Crippen LogP contribution is 2.33. The van der Waals surface area contributed by atoms with Gasteiger partial charge >= 0.3 is 0 Å². The van der Waals surface area contributed by atoms with E-state index in [1.165, 1.54) is 12.3 Å². The minimum atomic E-state index is -0.393. The van der Waals surface area contributed by atoms with Crippen LogP contribution in [0, 0.1) is 17.0 Å². The number of nitro groups is 1. The Morgan fingerprint density at radius 1 is 1.15 bits per heavy atom. The van der Waals surface area contributed by atoms with Crippen molar-refractivity contribution in [2.75, 3.05) is 5.32 Å². The average Bonchev–Trinajstić information content (AvgIpc) is 3.34. The molecule has 27 heavy (non-hydrogen) atoms. The molecule has 2 aromatic carbocycles. The van der Waals surface area contributed by atoms with Gasteiger partial charge < -0.3 is 14.3 Å². The van der Waals surface area contributed by atoms with Gasteiger partial charge in [-0.2, -0.15) is 0 Å². The monoisotopic (exact) mass is 360 g/mol. The first kappa shape index (κ1) is 16.6. The molecule has 0 fully saturated rings. The molecule has 0 aliphatic carbocycles. The van der Waals surface area contributed by atoms with Gasteiger partial charge in [0.1, 0.15) is 11.5 Å². The Hall–Kier alpha value is -3.87. The van der Waals surface area contributed by atoms with Crippen molar-refractivity contribution in [3.05, 3.63) is 89.4 Å². The second-order valence-corrected chi connectivity index (χ2v) is 6.02. The smallest absolute Gasteiger partial charge is 0.293 e. The molecule has 0 aliphatic heterocycles. The zero-order chi connectivity index (χ0) is 18.8. The van der Waals surface area contributed by atoms with Gasteiger partial charge in [0.2, 0.25) is 0 Å². The highest BCUT2D eigenvalue weighted by atomic mass is 16.6. The van der Waals surface area contributed by atoms with E-state index in [1.54, 1.807) is 24.6 Å². The van der Waals surface area contributed by atoms with E-state index >= 15 is 0 Å². The number of hydrogen-bond donors (Lipinski definition) is 1. The number of benzene rings is 2. The number of nitrogens with zero attached hydrogens (tertiary/aromatic N) is 3. The molecule has 0 aliphatic rings. The van der Waals surface area contributed by atoms with Crippen LogP contribution in [0.3, 0.4) is 0 Å². The molecule has 4 rings (SSSR count). The van der Waals surface area contributed by atoms with Crippen molar-refractivity contribution in [3.63, 3.8) is 0 Å². The lowest BCUT2D eigenvalue weighted by atomic mass is 10.1. The van der Waals surface area contributed by atoms with Gasteiger partial charge in [0.05, 0.1) is 17.4 Å². The predicted octanol–water partition coefficient (Wildman–Crippen LogP) is 5.09. The number of imidazole rings is 1. The largest absolute Gasteiger partial charge is 0.472 e. The molecule has 2 aromatic heterocycles. The Bertz CT molecular complexity index is 1100. The average molecular weight is 360 g/mol. The molecule has 4 aromatic rings. The number of aryl methyl sites for hydroxylation is 1. The predicted molar refractivity (Wildman–Crippen MR) is 102 cm³/mol. The van der Waals surface area contributed by atoms with E-state index in [9.17, 15) is 10.1 Å². The van der Waals surface area contributed by atoms with Gasteiger partial charge in [-0.05, 0) is 42.8 Å². The van der Waals surface area contributed by atoms with Gasteiger partial charge in [0, 0.05) is 35.4 Å². The van der Waals surface area contributed by atoms with Crippen molar-refractivity contribution in [2.24, 2.45) is 0 Å². The number of anilines is 2. The topological polar surface area (TPSA) is 86.1 Å². The number of aromatic nitrogens is 2. The highest BCUT2D eigenvalue weighted by Gasteiger charge is 2.16. The normalized spacial score (nSPS) is 10.7. The molecule has 7 heteroatoms. The van der Waals surface area contributed by atoms with Crippen LogP contribution in [-0.2, 0) is 0 Å². The molecule has 0 saturated carbocycles. The van der Waals surface area contributed by atoms with E-state index in [1.807, 2.05) is 48.0 Å². The number of hydrogen-bond acceptors (Lipinski definition) is 5. The quantitative estimate of drug-likeness (QED) is 0.395. The Balaban J connectivity index is 1.68. The van der Waals surface area contributed by atoms with Gasteiger partial charge in [0.25, 0.3) is 5.69 Å². The summed E-state index contributed by atoms with van der Waals surface area (Å²) in [6.07, 6.45) is 6.70. The van der Waals surface area contributed by atoms with Crippen molar-refractivity contribution in [1.82, 2.24) is 9.55 Å². The van der Waals surface area contributed by atoms with Crippen LogP contribution in [0.2, 0.25) is 0 Å². The molecule has 1 N–H and O–H groups in total. The minimum Gasteiger partial charge on any atom is -0.472 e. The van der Waals surface area contributed by atoms with Crippen LogP contribution in [0.5, 0.6) is 0 Å². The summed E-state index contributed by atoms with van der Waals surface area (Å²) >= 11 is 0. The summed E-state index contributed by atoms with van der Waals surface area (Å²) in [6, 6.07) is 14.5. The standard InChI is InChI=1S/C20H16N4O3/c1-14-21-8-9-23(14)18-4-2-3-17(12-18)22-19-6-5-15(11-20(19)24(25)26)16-7-10-27-13-16/h2-13,22H,1H3. The maximum atomic E-state index is 11.6. The summed E-state index contributed by atoms with van der Waals surface area (Å²) in [6.45, 7) is 1.92. The van der Waals surface area contributed by atoms with Crippen molar-refractivity contribution in [3.8, 4) is 16.8 Å². The Kier molecular flexibility index (Phi) is 4.18. The van der Waals surface area contributed by atoms with Crippen LogP contribution in [0.25, 0.3) is 16.8 Å². The van der Waals surface area contributed by atoms with Gasteiger partial charge in [-0.25, -0.2) is 4.98 Å². The van der Waals surface area contributed by atoms with E-state index in [0.717, 1.165) is 28.3 Å². The first-order valence-corrected chi connectivity index (χ1v) is 8.30. The lowest BCUT2D eigenvalue weighted by Gasteiger charge is -2.11. The van der Waals surface area contributed by atoms with Crippen LogP contribution in [0.4, 0.5) is 17.1 Å². The maximum absolute atomic E-state index is 11.6. The second kappa shape index (κ2) is 6.80. The van der Waals surface area contributed by atoms with E-state index in [2.05, 4.69) is 10.3 Å². The number of nitrogens with one attached hydrogen (secondary N) is 1. The number of nitro benzene ring substituents is 1. The SMILES string of the molecule is Cc1nccn1-c1cccc(Nc2ccc(-c3ccoc3)cc2[N+](=O)[O-])c1. The van der Waals surface area contributed by atoms with E-state index in [-0.39, 0.29) is 5.69 Å². The molecule has 0 atom stereocenters. The molecule has 7 nitrogen and oxygen atoms in total. The zero-order valence-electron chi connectivity index (χ0n) is 14.5. The third-order valence-corrected chi connectivity index (χ3v) is 4.28. The van der Waals surface area contributed by atoms with Gasteiger partial charge in [0.15, 0.2) is 0 Å². The fourth-order valence-electron chi connectivity index (χ4n) is 2.94. The van der Waals surface area contributed by atoms with E-state index < -0.39 is 4.92 Å². The summed E-state index contributed by atoms with van der Waals surface area (Å²) in [7, 11) is 0. The molecule has 0 radical (unpaired) electrons. The lowest BCUT2D eigenvalue weighted by molar-refractivity contribution is -0.383. The minimum absolute atomic E-state index is 0.00193. The summed E-state index contributed by atoms with van der Waals surface area (Å²) in [5.74, 6) is 0.864. The van der Waals surface area contributed by atoms with E-state index in [4.69, 9.17) is 4.42 Å². The number of rotatable bonds is 5. The van der Waals surface area contributed by atoms with Gasteiger partial charge in [-0.15, -0.1) is 0 Å². The Morgan fingerprint density at radius 2 is 2.04 bits per heavy atom. The van der Waals surface area contributed by atoms with Crippen LogP contribution in [0.1, 0.15) is 5.82 Å². The highest BCUT2D eigenvalue weighted by molar-refractivity contribution is 5.76. The number of furan rings is 1. The van der Waals surface area contributed by atoms with Gasteiger partial charge in [-0.3, -0.25) is 10.1 Å². The van der Waals surface area contributed by atoms with Crippen LogP contribution < -0.4 is 5.32 Å². The summed E-state index contributed by atoms with van der Waals surface area (Å²) in [5, 5.41) is 14.7. The summed E-state index contributed by atoms with van der Waals surface area (Å²) in [5.41, 5.74) is 3.61.